The minimum atomic E-state index is -0.270. The molecular formula is C12H9BrFN. The highest BCUT2D eigenvalue weighted by Crippen LogP contribution is 2.26. The van der Waals surface area contributed by atoms with E-state index < -0.39 is 0 Å². The first-order valence-electron chi connectivity index (χ1n) is 4.56. The van der Waals surface area contributed by atoms with Crippen molar-refractivity contribution in [3.63, 3.8) is 0 Å². The van der Waals surface area contributed by atoms with E-state index in [1.54, 1.807) is 6.20 Å². The van der Waals surface area contributed by atoms with Gasteiger partial charge in [-0.25, -0.2) is 4.39 Å². The number of pyridine rings is 1. The molecule has 2 aromatic rings. The summed E-state index contributed by atoms with van der Waals surface area (Å²) in [7, 11) is 0. The highest BCUT2D eigenvalue weighted by molar-refractivity contribution is 9.08. The van der Waals surface area contributed by atoms with Crippen molar-refractivity contribution in [2.75, 3.05) is 0 Å². The Hall–Kier alpha value is -1.22. The molecule has 15 heavy (non-hydrogen) atoms. The van der Waals surface area contributed by atoms with E-state index in [1.165, 1.54) is 6.20 Å². The van der Waals surface area contributed by atoms with E-state index in [9.17, 15) is 4.39 Å². The summed E-state index contributed by atoms with van der Waals surface area (Å²) < 4.78 is 13.4. The maximum Gasteiger partial charge on any atom is 0.146 e. The molecule has 76 valence electrons. The summed E-state index contributed by atoms with van der Waals surface area (Å²) >= 11 is 3.29. The van der Waals surface area contributed by atoms with E-state index in [-0.39, 0.29) is 5.82 Å². The van der Waals surface area contributed by atoms with Crippen LogP contribution in [-0.4, -0.2) is 4.98 Å². The van der Waals surface area contributed by atoms with E-state index in [2.05, 4.69) is 20.9 Å². The van der Waals surface area contributed by atoms with Crippen LogP contribution in [0.2, 0.25) is 0 Å². The highest BCUT2D eigenvalue weighted by Gasteiger charge is 2.08. The maximum atomic E-state index is 13.4. The van der Waals surface area contributed by atoms with Crippen LogP contribution in [0.5, 0.6) is 0 Å². The Kier molecular flexibility index (Phi) is 3.11. The highest BCUT2D eigenvalue weighted by atomic mass is 79.9. The van der Waals surface area contributed by atoms with Gasteiger partial charge >= 0.3 is 0 Å². The molecule has 0 atom stereocenters. The Morgan fingerprint density at radius 3 is 2.53 bits per heavy atom. The molecule has 1 aromatic heterocycles. The average Bonchev–Trinajstić information content (AvgIpc) is 2.30. The second-order valence-electron chi connectivity index (χ2n) is 3.15. The van der Waals surface area contributed by atoms with Gasteiger partial charge in [-0.3, -0.25) is 4.98 Å². The van der Waals surface area contributed by atoms with Crippen LogP contribution in [0.4, 0.5) is 4.39 Å². The van der Waals surface area contributed by atoms with E-state index in [4.69, 9.17) is 0 Å². The first kappa shape index (κ1) is 10.3. The maximum absolute atomic E-state index is 13.4. The summed E-state index contributed by atoms with van der Waals surface area (Å²) in [4.78, 5) is 3.87. The van der Waals surface area contributed by atoms with Crippen molar-refractivity contribution in [1.82, 2.24) is 4.98 Å². The largest absolute Gasteiger partial charge is 0.261 e. The van der Waals surface area contributed by atoms with E-state index >= 15 is 0 Å². The van der Waals surface area contributed by atoms with Gasteiger partial charge in [0.1, 0.15) is 5.82 Å². The van der Waals surface area contributed by atoms with Crippen LogP contribution >= 0.6 is 15.9 Å². The quantitative estimate of drug-likeness (QED) is 0.754. The molecule has 0 amide bonds. The summed E-state index contributed by atoms with van der Waals surface area (Å²) in [5.74, 6) is -0.270. The van der Waals surface area contributed by atoms with Gasteiger partial charge in [-0.2, -0.15) is 0 Å². The molecule has 3 heteroatoms. The molecule has 2 rings (SSSR count). The van der Waals surface area contributed by atoms with E-state index in [0.717, 1.165) is 11.1 Å². The third-order valence-corrected chi connectivity index (χ3v) is 2.78. The fourth-order valence-electron chi connectivity index (χ4n) is 1.46. The number of halogens is 2. The SMILES string of the molecule is Fc1cncc(-c2ccccc2)c1CBr. The number of nitrogens with zero attached hydrogens (tertiary/aromatic N) is 1. The topological polar surface area (TPSA) is 12.9 Å². The Labute approximate surface area is 96.1 Å². The molecule has 0 bridgehead atoms. The molecule has 0 aliphatic carbocycles. The summed E-state index contributed by atoms with van der Waals surface area (Å²) in [5, 5.41) is 0.492. The molecule has 0 N–H and O–H groups in total. The van der Waals surface area contributed by atoms with Crippen LogP contribution in [-0.2, 0) is 5.33 Å². The summed E-state index contributed by atoms with van der Waals surface area (Å²) in [6.07, 6.45) is 2.93. The van der Waals surface area contributed by atoms with Gasteiger partial charge in [0.15, 0.2) is 0 Å². The summed E-state index contributed by atoms with van der Waals surface area (Å²) in [6, 6.07) is 9.69. The second-order valence-corrected chi connectivity index (χ2v) is 3.71. The van der Waals surface area contributed by atoms with Crippen molar-refractivity contribution in [2.24, 2.45) is 0 Å². The molecule has 0 fully saturated rings. The Morgan fingerprint density at radius 2 is 1.87 bits per heavy atom. The van der Waals surface area contributed by atoms with Gasteiger partial charge in [0.05, 0.1) is 6.20 Å². The van der Waals surface area contributed by atoms with E-state index in [1.807, 2.05) is 30.3 Å². The minimum Gasteiger partial charge on any atom is -0.261 e. The van der Waals surface area contributed by atoms with Crippen LogP contribution in [0.3, 0.4) is 0 Å². The third kappa shape index (κ3) is 2.07. The van der Waals surface area contributed by atoms with Crippen LogP contribution in [0.15, 0.2) is 42.7 Å². The molecule has 1 aromatic carbocycles. The van der Waals surface area contributed by atoms with Gasteiger partial charge in [-0.05, 0) is 5.56 Å². The van der Waals surface area contributed by atoms with Crippen molar-refractivity contribution in [3.8, 4) is 11.1 Å². The number of benzene rings is 1. The Morgan fingerprint density at radius 1 is 1.13 bits per heavy atom. The van der Waals surface area contributed by atoms with Crippen LogP contribution in [0, 0.1) is 5.82 Å². The molecule has 0 saturated heterocycles. The van der Waals surface area contributed by atoms with Crippen LogP contribution < -0.4 is 0 Å². The number of hydrogen-bond acceptors (Lipinski definition) is 1. The van der Waals surface area contributed by atoms with Gasteiger partial charge in [0, 0.05) is 22.7 Å². The predicted octanol–water partition coefficient (Wildman–Crippen LogP) is 3.78. The lowest BCUT2D eigenvalue weighted by molar-refractivity contribution is 0.612. The summed E-state index contributed by atoms with van der Waals surface area (Å²) in [6.45, 7) is 0. The zero-order valence-corrected chi connectivity index (χ0v) is 9.54. The molecule has 1 heterocycles. The normalized spacial score (nSPS) is 10.3. The lowest BCUT2D eigenvalue weighted by Gasteiger charge is -2.07. The fraction of sp³-hybridized carbons (Fsp3) is 0.0833. The molecule has 0 spiro atoms. The number of rotatable bonds is 2. The number of hydrogen-bond donors (Lipinski definition) is 0. The molecule has 1 nitrogen and oxygen atoms in total. The monoisotopic (exact) mass is 265 g/mol. The predicted molar refractivity (Wildman–Crippen MR) is 62.3 cm³/mol. The first-order chi connectivity index (χ1) is 7.33. The van der Waals surface area contributed by atoms with Gasteiger partial charge in [0.2, 0.25) is 0 Å². The van der Waals surface area contributed by atoms with Crippen molar-refractivity contribution in [2.45, 2.75) is 5.33 Å². The van der Waals surface area contributed by atoms with Gasteiger partial charge in [0.25, 0.3) is 0 Å². The van der Waals surface area contributed by atoms with Crippen molar-refractivity contribution in [1.29, 1.82) is 0 Å². The van der Waals surface area contributed by atoms with Gasteiger partial charge in [-0.1, -0.05) is 46.3 Å². The first-order valence-corrected chi connectivity index (χ1v) is 5.69. The zero-order valence-electron chi connectivity index (χ0n) is 7.95. The fourth-order valence-corrected chi connectivity index (χ4v) is 2.03. The lowest BCUT2D eigenvalue weighted by atomic mass is 10.0. The molecular weight excluding hydrogens is 257 g/mol. The van der Waals surface area contributed by atoms with Crippen LogP contribution in [0.1, 0.15) is 5.56 Å². The minimum absolute atomic E-state index is 0.270. The summed E-state index contributed by atoms with van der Waals surface area (Å²) in [5.41, 5.74) is 2.47. The van der Waals surface area contributed by atoms with Crippen LogP contribution in [0.25, 0.3) is 11.1 Å². The van der Waals surface area contributed by atoms with Crippen molar-refractivity contribution >= 4 is 15.9 Å². The average molecular weight is 266 g/mol. The van der Waals surface area contributed by atoms with Crippen molar-refractivity contribution < 1.29 is 4.39 Å². The zero-order chi connectivity index (χ0) is 10.7. The third-order valence-electron chi connectivity index (χ3n) is 2.22. The lowest BCUT2D eigenvalue weighted by Crippen LogP contribution is -1.92. The molecule has 0 saturated carbocycles. The molecule has 0 aliphatic rings. The van der Waals surface area contributed by atoms with E-state index in [0.29, 0.717) is 10.9 Å². The number of alkyl halides is 1. The molecule has 0 unspecified atom stereocenters. The number of aromatic nitrogens is 1. The Balaban J connectivity index is 2.58. The standard InChI is InChI=1S/C12H9BrFN/c13-6-10-11(7-15-8-12(10)14)9-4-2-1-3-5-9/h1-5,7-8H,6H2. The van der Waals surface area contributed by atoms with Crippen molar-refractivity contribution in [3.05, 3.63) is 54.1 Å². The Bertz CT molecular complexity index is 456. The molecule has 0 radical (unpaired) electrons. The van der Waals surface area contributed by atoms with Gasteiger partial charge < -0.3 is 0 Å². The van der Waals surface area contributed by atoms with Gasteiger partial charge in [-0.15, -0.1) is 0 Å². The smallest absolute Gasteiger partial charge is 0.146 e. The second kappa shape index (κ2) is 4.53. The molecule has 0 aliphatic heterocycles.